The molecular weight excluding hydrogens is 292 g/mol. The van der Waals surface area contributed by atoms with Crippen LogP contribution in [0.4, 0.5) is 0 Å². The molecule has 0 aliphatic rings. The van der Waals surface area contributed by atoms with Crippen LogP contribution in [0.2, 0.25) is 5.02 Å². The Morgan fingerprint density at radius 3 is 2.10 bits per heavy atom. The molecule has 0 aliphatic heterocycles. The summed E-state index contributed by atoms with van der Waals surface area (Å²) in [5.41, 5.74) is 0. The SMILES string of the molecule is CCCCOCCOCCOCCOc1cccc(Cl)c1. The zero-order valence-electron chi connectivity index (χ0n) is 12.7. The first kappa shape index (κ1) is 18.2. The second-order valence-corrected chi connectivity index (χ2v) is 4.93. The normalized spacial score (nSPS) is 10.8. The van der Waals surface area contributed by atoms with Crippen LogP contribution in [0.3, 0.4) is 0 Å². The second kappa shape index (κ2) is 12.9. The summed E-state index contributed by atoms with van der Waals surface area (Å²) in [6.07, 6.45) is 2.27. The van der Waals surface area contributed by atoms with E-state index in [1.54, 1.807) is 6.07 Å². The molecule has 1 aromatic rings. The maximum atomic E-state index is 5.86. The third kappa shape index (κ3) is 10.5. The number of ether oxygens (including phenoxy) is 4. The van der Waals surface area contributed by atoms with Crippen LogP contribution in [0, 0.1) is 0 Å². The molecule has 21 heavy (non-hydrogen) atoms. The highest BCUT2D eigenvalue weighted by Crippen LogP contribution is 2.16. The fourth-order valence-electron chi connectivity index (χ4n) is 1.56. The van der Waals surface area contributed by atoms with Crippen molar-refractivity contribution in [1.82, 2.24) is 0 Å². The third-order valence-corrected chi connectivity index (χ3v) is 2.91. The van der Waals surface area contributed by atoms with Crippen molar-refractivity contribution in [2.45, 2.75) is 19.8 Å². The summed E-state index contributed by atoms with van der Waals surface area (Å²) in [4.78, 5) is 0. The topological polar surface area (TPSA) is 36.9 Å². The van der Waals surface area contributed by atoms with E-state index in [-0.39, 0.29) is 0 Å². The first-order valence-corrected chi connectivity index (χ1v) is 7.82. The molecule has 120 valence electrons. The maximum Gasteiger partial charge on any atom is 0.120 e. The summed E-state index contributed by atoms with van der Waals surface area (Å²) in [5, 5.41) is 0.669. The Labute approximate surface area is 132 Å². The van der Waals surface area contributed by atoms with Crippen LogP contribution >= 0.6 is 11.6 Å². The van der Waals surface area contributed by atoms with Gasteiger partial charge in [0.25, 0.3) is 0 Å². The summed E-state index contributed by atoms with van der Waals surface area (Å²) >= 11 is 5.86. The van der Waals surface area contributed by atoms with Gasteiger partial charge in [-0.05, 0) is 24.6 Å². The van der Waals surface area contributed by atoms with E-state index in [0.29, 0.717) is 44.7 Å². The number of benzene rings is 1. The minimum absolute atomic E-state index is 0.500. The Morgan fingerprint density at radius 1 is 0.857 bits per heavy atom. The van der Waals surface area contributed by atoms with Gasteiger partial charge in [0, 0.05) is 11.6 Å². The van der Waals surface area contributed by atoms with Gasteiger partial charge in [0.05, 0.1) is 33.0 Å². The molecule has 0 radical (unpaired) electrons. The van der Waals surface area contributed by atoms with Crippen molar-refractivity contribution >= 4 is 11.6 Å². The van der Waals surface area contributed by atoms with Crippen LogP contribution < -0.4 is 4.74 Å². The van der Waals surface area contributed by atoms with Crippen molar-refractivity contribution in [2.75, 3.05) is 46.2 Å². The quantitative estimate of drug-likeness (QED) is 0.521. The lowest BCUT2D eigenvalue weighted by atomic mass is 10.3. The zero-order valence-corrected chi connectivity index (χ0v) is 13.4. The van der Waals surface area contributed by atoms with Crippen molar-refractivity contribution in [1.29, 1.82) is 0 Å². The number of rotatable bonds is 13. The van der Waals surface area contributed by atoms with Gasteiger partial charge >= 0.3 is 0 Å². The van der Waals surface area contributed by atoms with E-state index in [1.807, 2.05) is 18.2 Å². The molecule has 4 nitrogen and oxygen atoms in total. The summed E-state index contributed by atoms with van der Waals surface area (Å²) in [5.74, 6) is 0.756. The van der Waals surface area contributed by atoms with E-state index in [0.717, 1.165) is 25.2 Å². The van der Waals surface area contributed by atoms with E-state index in [9.17, 15) is 0 Å². The van der Waals surface area contributed by atoms with E-state index < -0.39 is 0 Å². The van der Waals surface area contributed by atoms with Gasteiger partial charge in [0.15, 0.2) is 0 Å². The van der Waals surface area contributed by atoms with Crippen LogP contribution in [0.1, 0.15) is 19.8 Å². The fraction of sp³-hybridized carbons (Fsp3) is 0.625. The van der Waals surface area contributed by atoms with Crippen LogP contribution in [-0.4, -0.2) is 46.2 Å². The predicted octanol–water partition coefficient (Wildman–Crippen LogP) is 3.57. The van der Waals surface area contributed by atoms with E-state index in [1.165, 1.54) is 0 Å². The van der Waals surface area contributed by atoms with Gasteiger partial charge in [-0.25, -0.2) is 0 Å². The number of halogens is 1. The molecule has 0 fully saturated rings. The highest BCUT2D eigenvalue weighted by atomic mass is 35.5. The largest absolute Gasteiger partial charge is 0.491 e. The highest BCUT2D eigenvalue weighted by molar-refractivity contribution is 6.30. The van der Waals surface area contributed by atoms with Crippen molar-refractivity contribution < 1.29 is 18.9 Å². The van der Waals surface area contributed by atoms with Crippen LogP contribution in [-0.2, 0) is 14.2 Å². The molecule has 0 saturated carbocycles. The Morgan fingerprint density at radius 2 is 1.48 bits per heavy atom. The van der Waals surface area contributed by atoms with Gasteiger partial charge in [-0.15, -0.1) is 0 Å². The predicted molar refractivity (Wildman–Crippen MR) is 84.3 cm³/mol. The minimum atomic E-state index is 0.500. The molecule has 5 heteroatoms. The van der Waals surface area contributed by atoms with E-state index in [4.69, 9.17) is 30.5 Å². The smallest absolute Gasteiger partial charge is 0.120 e. The molecule has 0 amide bonds. The van der Waals surface area contributed by atoms with Gasteiger partial charge < -0.3 is 18.9 Å². The lowest BCUT2D eigenvalue weighted by Gasteiger charge is -2.08. The molecule has 0 unspecified atom stereocenters. The molecule has 0 atom stereocenters. The first-order chi connectivity index (χ1) is 10.3. The van der Waals surface area contributed by atoms with Gasteiger partial charge in [-0.3, -0.25) is 0 Å². The third-order valence-electron chi connectivity index (χ3n) is 2.68. The van der Waals surface area contributed by atoms with E-state index in [2.05, 4.69) is 6.92 Å². The molecule has 0 N–H and O–H groups in total. The summed E-state index contributed by atoms with van der Waals surface area (Å²) < 4.78 is 21.7. The van der Waals surface area contributed by atoms with E-state index >= 15 is 0 Å². The average Bonchev–Trinajstić information content (AvgIpc) is 2.48. The molecule has 0 spiro atoms. The molecule has 1 aromatic carbocycles. The zero-order chi connectivity index (χ0) is 15.2. The lowest BCUT2D eigenvalue weighted by molar-refractivity contribution is 0.00895. The summed E-state index contributed by atoms with van der Waals surface area (Å²) in [7, 11) is 0. The standard InChI is InChI=1S/C16H25ClO4/c1-2-3-7-18-8-9-19-10-11-20-12-13-21-16-6-4-5-15(17)14-16/h4-6,14H,2-3,7-13H2,1H3. The number of hydrogen-bond acceptors (Lipinski definition) is 4. The Hall–Kier alpha value is -0.810. The van der Waals surface area contributed by atoms with Crippen molar-refractivity contribution in [3.8, 4) is 5.75 Å². The summed E-state index contributed by atoms with van der Waals surface area (Å²) in [6.45, 7) is 6.40. The van der Waals surface area contributed by atoms with Crippen molar-refractivity contribution in [3.63, 3.8) is 0 Å². The van der Waals surface area contributed by atoms with Crippen LogP contribution in [0.5, 0.6) is 5.75 Å². The van der Waals surface area contributed by atoms with Crippen LogP contribution in [0.25, 0.3) is 0 Å². The van der Waals surface area contributed by atoms with Crippen LogP contribution in [0.15, 0.2) is 24.3 Å². The first-order valence-electron chi connectivity index (χ1n) is 7.44. The molecule has 0 saturated heterocycles. The van der Waals surface area contributed by atoms with Crippen molar-refractivity contribution in [2.24, 2.45) is 0 Å². The Balaban J connectivity index is 1.82. The van der Waals surface area contributed by atoms with Crippen molar-refractivity contribution in [3.05, 3.63) is 29.3 Å². The molecule has 0 bridgehead atoms. The highest BCUT2D eigenvalue weighted by Gasteiger charge is 1.95. The van der Waals surface area contributed by atoms with Gasteiger partial charge in [0.1, 0.15) is 12.4 Å². The Bertz CT molecular complexity index is 360. The number of unbranched alkanes of at least 4 members (excludes halogenated alkanes) is 1. The molecular formula is C16H25ClO4. The monoisotopic (exact) mass is 316 g/mol. The molecule has 0 aliphatic carbocycles. The maximum absolute atomic E-state index is 5.86. The summed E-state index contributed by atoms with van der Waals surface area (Å²) in [6, 6.07) is 7.32. The Kier molecular flexibility index (Phi) is 11.2. The molecule has 0 aromatic heterocycles. The number of hydrogen-bond donors (Lipinski definition) is 0. The van der Waals surface area contributed by atoms with Gasteiger partial charge in [-0.2, -0.15) is 0 Å². The van der Waals surface area contributed by atoms with Gasteiger partial charge in [0.2, 0.25) is 0 Å². The second-order valence-electron chi connectivity index (χ2n) is 4.50. The molecule has 1 rings (SSSR count). The molecule has 0 heterocycles. The van der Waals surface area contributed by atoms with Gasteiger partial charge in [-0.1, -0.05) is 31.0 Å². The lowest BCUT2D eigenvalue weighted by Crippen LogP contribution is -2.12. The minimum Gasteiger partial charge on any atom is -0.491 e. The average molecular weight is 317 g/mol. The fourth-order valence-corrected chi connectivity index (χ4v) is 1.74.